The molecule has 0 aliphatic carbocycles. The normalized spacial score (nSPS) is 11.5. The van der Waals surface area contributed by atoms with Crippen LogP contribution in [0.15, 0.2) is 24.3 Å². The monoisotopic (exact) mass is 201 g/mol. The number of alkyl halides is 2. The molecule has 0 aliphatic rings. The summed E-state index contributed by atoms with van der Waals surface area (Å²) in [6.45, 7) is 0.332. The highest BCUT2D eigenvalue weighted by molar-refractivity contribution is 5.50. The molecule has 0 aliphatic heterocycles. The van der Waals surface area contributed by atoms with Crippen LogP contribution in [0, 0.1) is 5.82 Å². The third-order valence-corrected chi connectivity index (χ3v) is 1.71. The van der Waals surface area contributed by atoms with Gasteiger partial charge in [-0.15, -0.1) is 0 Å². The van der Waals surface area contributed by atoms with Gasteiger partial charge in [0.1, 0.15) is 5.82 Å². The lowest BCUT2D eigenvalue weighted by molar-refractivity contribution is 0.146. The van der Waals surface area contributed by atoms with E-state index in [0.717, 1.165) is 12.1 Å². The van der Waals surface area contributed by atoms with Crippen molar-refractivity contribution >= 4 is 6.08 Å². The van der Waals surface area contributed by atoms with Crippen LogP contribution in [-0.4, -0.2) is 6.54 Å². The van der Waals surface area contributed by atoms with Crippen molar-refractivity contribution in [3.63, 3.8) is 0 Å². The molecule has 1 aromatic carbocycles. The Morgan fingerprint density at radius 2 is 2.07 bits per heavy atom. The van der Waals surface area contributed by atoms with Gasteiger partial charge in [0.25, 0.3) is 6.43 Å². The molecule has 0 spiro atoms. The van der Waals surface area contributed by atoms with Crippen LogP contribution in [0.2, 0.25) is 0 Å². The van der Waals surface area contributed by atoms with Gasteiger partial charge in [0.05, 0.1) is 5.56 Å². The fourth-order valence-corrected chi connectivity index (χ4v) is 1.03. The predicted octanol–water partition coefficient (Wildman–Crippen LogP) is 2.74. The summed E-state index contributed by atoms with van der Waals surface area (Å²) in [6, 6.07) is 3.57. The summed E-state index contributed by atoms with van der Waals surface area (Å²) in [5, 5.41) is 0. The second-order valence-corrected chi connectivity index (χ2v) is 2.72. The van der Waals surface area contributed by atoms with E-state index in [9.17, 15) is 13.2 Å². The molecule has 76 valence electrons. The molecule has 0 atom stereocenters. The molecular formula is C10H10F3N. The predicted molar refractivity (Wildman–Crippen MR) is 49.4 cm³/mol. The fraction of sp³-hybridized carbons (Fsp3) is 0.200. The van der Waals surface area contributed by atoms with Gasteiger partial charge >= 0.3 is 0 Å². The molecule has 0 fully saturated rings. The van der Waals surface area contributed by atoms with Crippen LogP contribution >= 0.6 is 0 Å². The number of halogens is 3. The van der Waals surface area contributed by atoms with Crippen LogP contribution in [0.1, 0.15) is 17.6 Å². The maximum atomic E-state index is 13.0. The molecular weight excluding hydrogens is 191 g/mol. The van der Waals surface area contributed by atoms with E-state index >= 15 is 0 Å². The molecule has 0 amide bonds. The van der Waals surface area contributed by atoms with Gasteiger partial charge < -0.3 is 5.73 Å². The first-order valence-corrected chi connectivity index (χ1v) is 4.09. The summed E-state index contributed by atoms with van der Waals surface area (Å²) in [4.78, 5) is 0. The molecule has 1 nitrogen and oxygen atoms in total. The van der Waals surface area contributed by atoms with Crippen molar-refractivity contribution in [3.8, 4) is 0 Å². The summed E-state index contributed by atoms with van der Waals surface area (Å²) >= 11 is 0. The zero-order chi connectivity index (χ0) is 10.6. The number of rotatable bonds is 3. The second-order valence-electron chi connectivity index (χ2n) is 2.72. The third-order valence-electron chi connectivity index (χ3n) is 1.71. The van der Waals surface area contributed by atoms with E-state index in [4.69, 9.17) is 5.73 Å². The second kappa shape index (κ2) is 4.81. The molecule has 14 heavy (non-hydrogen) atoms. The minimum atomic E-state index is -2.78. The van der Waals surface area contributed by atoms with Gasteiger partial charge in [0.2, 0.25) is 0 Å². The Kier molecular flexibility index (Phi) is 3.71. The zero-order valence-corrected chi connectivity index (χ0v) is 7.38. The van der Waals surface area contributed by atoms with Crippen molar-refractivity contribution < 1.29 is 13.2 Å². The molecule has 1 aromatic rings. The van der Waals surface area contributed by atoms with E-state index in [1.165, 1.54) is 6.07 Å². The van der Waals surface area contributed by atoms with Crippen molar-refractivity contribution in [3.05, 3.63) is 41.2 Å². The summed E-state index contributed by atoms with van der Waals surface area (Å²) in [6.07, 6.45) is 0.428. The van der Waals surface area contributed by atoms with E-state index in [0.29, 0.717) is 12.1 Å². The molecule has 0 saturated heterocycles. The van der Waals surface area contributed by atoms with Crippen molar-refractivity contribution in [2.45, 2.75) is 6.43 Å². The average Bonchev–Trinajstić information content (AvgIpc) is 2.14. The Bertz CT molecular complexity index is 334. The number of nitrogens with two attached hydrogens (primary N) is 1. The van der Waals surface area contributed by atoms with Crippen LogP contribution < -0.4 is 5.73 Å². The Hall–Kier alpha value is -1.29. The molecule has 0 aromatic heterocycles. The smallest absolute Gasteiger partial charge is 0.266 e. The summed E-state index contributed by atoms with van der Waals surface area (Å²) in [5.74, 6) is -0.890. The molecule has 0 saturated carbocycles. The molecule has 0 heterocycles. The standard InChI is InChI=1S/C10H10F3N/c11-9-6-7(2-1-5-14)3-4-8(9)10(12)13/h1-4,6,10H,5,14H2. The largest absolute Gasteiger partial charge is 0.327 e. The van der Waals surface area contributed by atoms with Gasteiger partial charge in [-0.25, -0.2) is 13.2 Å². The SMILES string of the molecule is NCC=Cc1ccc(C(F)F)c(F)c1. The maximum Gasteiger partial charge on any atom is 0.266 e. The molecule has 0 bridgehead atoms. The van der Waals surface area contributed by atoms with Crippen molar-refractivity contribution in [1.82, 2.24) is 0 Å². The van der Waals surface area contributed by atoms with Gasteiger partial charge in [0, 0.05) is 6.54 Å². The molecule has 0 radical (unpaired) electrons. The number of hydrogen-bond donors (Lipinski definition) is 1. The lowest BCUT2D eigenvalue weighted by Gasteiger charge is -2.02. The van der Waals surface area contributed by atoms with Gasteiger partial charge in [0.15, 0.2) is 0 Å². The average molecular weight is 201 g/mol. The van der Waals surface area contributed by atoms with E-state index < -0.39 is 17.8 Å². The third kappa shape index (κ3) is 2.60. The minimum absolute atomic E-state index is 0.332. The highest BCUT2D eigenvalue weighted by Crippen LogP contribution is 2.22. The van der Waals surface area contributed by atoms with Gasteiger partial charge in [-0.3, -0.25) is 0 Å². The summed E-state index contributed by atoms with van der Waals surface area (Å²) in [7, 11) is 0. The summed E-state index contributed by atoms with van der Waals surface area (Å²) < 4.78 is 37.3. The van der Waals surface area contributed by atoms with Crippen LogP contribution in [0.5, 0.6) is 0 Å². The highest BCUT2D eigenvalue weighted by Gasteiger charge is 2.12. The van der Waals surface area contributed by atoms with E-state index in [1.807, 2.05) is 0 Å². The van der Waals surface area contributed by atoms with Crippen LogP contribution in [0.4, 0.5) is 13.2 Å². The Labute approximate surface area is 80.0 Å². The Morgan fingerprint density at radius 3 is 2.57 bits per heavy atom. The first kappa shape index (κ1) is 10.8. The number of benzene rings is 1. The Balaban J connectivity index is 2.94. The zero-order valence-electron chi connectivity index (χ0n) is 7.38. The van der Waals surface area contributed by atoms with E-state index in [2.05, 4.69) is 0 Å². The fourth-order valence-electron chi connectivity index (χ4n) is 1.03. The highest BCUT2D eigenvalue weighted by atomic mass is 19.3. The molecule has 4 heteroatoms. The molecule has 1 rings (SSSR count). The van der Waals surface area contributed by atoms with Crippen molar-refractivity contribution in [2.75, 3.05) is 6.54 Å². The first-order valence-electron chi connectivity index (χ1n) is 4.09. The van der Waals surface area contributed by atoms with E-state index in [1.54, 1.807) is 12.2 Å². The first-order chi connectivity index (χ1) is 6.65. The quantitative estimate of drug-likeness (QED) is 0.799. The minimum Gasteiger partial charge on any atom is -0.327 e. The van der Waals surface area contributed by atoms with Gasteiger partial charge in [-0.1, -0.05) is 18.2 Å². The molecule has 0 unspecified atom stereocenters. The van der Waals surface area contributed by atoms with E-state index in [-0.39, 0.29) is 0 Å². The lowest BCUT2D eigenvalue weighted by atomic mass is 10.1. The number of hydrogen-bond acceptors (Lipinski definition) is 1. The van der Waals surface area contributed by atoms with Crippen LogP contribution in [0.3, 0.4) is 0 Å². The van der Waals surface area contributed by atoms with Gasteiger partial charge in [-0.2, -0.15) is 0 Å². The molecule has 2 N–H and O–H groups in total. The summed E-state index contributed by atoms with van der Waals surface area (Å²) in [5.41, 5.74) is 5.14. The van der Waals surface area contributed by atoms with Gasteiger partial charge in [-0.05, 0) is 17.7 Å². The Morgan fingerprint density at radius 1 is 1.36 bits per heavy atom. The maximum absolute atomic E-state index is 13.0. The topological polar surface area (TPSA) is 26.0 Å². The van der Waals surface area contributed by atoms with Crippen LogP contribution in [0.25, 0.3) is 6.08 Å². The van der Waals surface area contributed by atoms with Crippen LogP contribution in [-0.2, 0) is 0 Å². The lowest BCUT2D eigenvalue weighted by Crippen LogP contribution is -1.93. The van der Waals surface area contributed by atoms with Crippen molar-refractivity contribution in [1.29, 1.82) is 0 Å². The van der Waals surface area contributed by atoms with Crippen molar-refractivity contribution in [2.24, 2.45) is 5.73 Å².